The molecule has 4 heterocycles. The van der Waals surface area contributed by atoms with Crippen LogP contribution in [0, 0.1) is 18.8 Å². The first-order chi connectivity index (χ1) is 11.2. The molecule has 120 valence electrons. The van der Waals surface area contributed by atoms with Gasteiger partial charge < -0.3 is 4.90 Å². The largest absolute Gasteiger partial charge is 0.338 e. The predicted molar refractivity (Wildman–Crippen MR) is 88.8 cm³/mol. The van der Waals surface area contributed by atoms with Gasteiger partial charge in [-0.05, 0) is 18.6 Å². The van der Waals surface area contributed by atoms with Crippen molar-refractivity contribution in [2.24, 2.45) is 11.8 Å². The molecule has 2 fully saturated rings. The second-order valence-electron chi connectivity index (χ2n) is 6.50. The van der Waals surface area contributed by atoms with Gasteiger partial charge in [-0.3, -0.25) is 14.7 Å². The van der Waals surface area contributed by atoms with Crippen LogP contribution in [0.3, 0.4) is 0 Å². The van der Waals surface area contributed by atoms with Crippen LogP contribution in [-0.2, 0) is 17.9 Å². The molecule has 6 heteroatoms. The standard InChI is InChI=1S/C17H20N4OS/c1-12-19-15(11-23-12)9-20-7-14-8-21(17(22)16(14)10-20)6-13-3-2-4-18-5-13/h2-5,11,14,16H,6-10H2,1H3/t14-,16-/m1/s1. The zero-order valence-corrected chi connectivity index (χ0v) is 14.0. The van der Waals surface area contributed by atoms with Crippen molar-refractivity contribution in [3.8, 4) is 0 Å². The molecule has 0 spiro atoms. The zero-order chi connectivity index (χ0) is 15.8. The number of rotatable bonds is 4. The number of nitrogens with zero attached hydrogens (tertiary/aromatic N) is 4. The minimum Gasteiger partial charge on any atom is -0.338 e. The number of thiazole rings is 1. The van der Waals surface area contributed by atoms with Crippen LogP contribution in [0.25, 0.3) is 0 Å². The van der Waals surface area contributed by atoms with Crippen molar-refractivity contribution >= 4 is 17.2 Å². The second-order valence-corrected chi connectivity index (χ2v) is 7.56. The molecular weight excluding hydrogens is 308 g/mol. The van der Waals surface area contributed by atoms with E-state index in [0.29, 0.717) is 18.4 Å². The fourth-order valence-electron chi connectivity index (χ4n) is 3.73. The van der Waals surface area contributed by atoms with Crippen LogP contribution in [-0.4, -0.2) is 45.3 Å². The molecule has 0 aliphatic carbocycles. The lowest BCUT2D eigenvalue weighted by Crippen LogP contribution is -2.32. The Morgan fingerprint density at radius 1 is 1.30 bits per heavy atom. The monoisotopic (exact) mass is 328 g/mol. The van der Waals surface area contributed by atoms with Crippen LogP contribution in [0.5, 0.6) is 0 Å². The number of pyridine rings is 1. The summed E-state index contributed by atoms with van der Waals surface area (Å²) in [6.45, 7) is 6.32. The number of carbonyl (C=O) groups is 1. The van der Waals surface area contributed by atoms with E-state index in [4.69, 9.17) is 0 Å². The summed E-state index contributed by atoms with van der Waals surface area (Å²) in [5.74, 6) is 0.918. The fourth-order valence-corrected chi connectivity index (χ4v) is 4.33. The highest BCUT2D eigenvalue weighted by Gasteiger charge is 2.45. The summed E-state index contributed by atoms with van der Waals surface area (Å²) >= 11 is 1.69. The van der Waals surface area contributed by atoms with E-state index < -0.39 is 0 Å². The van der Waals surface area contributed by atoms with E-state index in [-0.39, 0.29) is 5.92 Å². The van der Waals surface area contributed by atoms with Crippen LogP contribution >= 0.6 is 11.3 Å². The molecule has 23 heavy (non-hydrogen) atoms. The highest BCUT2D eigenvalue weighted by molar-refractivity contribution is 7.09. The van der Waals surface area contributed by atoms with Crippen molar-refractivity contribution in [3.05, 3.63) is 46.2 Å². The van der Waals surface area contributed by atoms with Gasteiger partial charge in [-0.15, -0.1) is 11.3 Å². The molecule has 2 saturated heterocycles. The van der Waals surface area contributed by atoms with E-state index in [0.717, 1.165) is 42.4 Å². The first-order valence-electron chi connectivity index (χ1n) is 8.00. The van der Waals surface area contributed by atoms with Crippen LogP contribution < -0.4 is 0 Å². The Bertz CT molecular complexity index is 702. The summed E-state index contributed by atoms with van der Waals surface area (Å²) < 4.78 is 0. The van der Waals surface area contributed by atoms with Crippen molar-refractivity contribution in [2.45, 2.75) is 20.0 Å². The van der Waals surface area contributed by atoms with E-state index in [2.05, 4.69) is 20.2 Å². The highest BCUT2D eigenvalue weighted by atomic mass is 32.1. The quantitative estimate of drug-likeness (QED) is 0.861. The van der Waals surface area contributed by atoms with Gasteiger partial charge >= 0.3 is 0 Å². The molecule has 0 saturated carbocycles. The number of hydrogen-bond donors (Lipinski definition) is 0. The summed E-state index contributed by atoms with van der Waals surface area (Å²) in [4.78, 5) is 25.7. The molecule has 4 rings (SSSR count). The van der Waals surface area contributed by atoms with Crippen molar-refractivity contribution in [3.63, 3.8) is 0 Å². The molecule has 2 aliphatic rings. The normalized spacial score (nSPS) is 24.4. The van der Waals surface area contributed by atoms with Crippen molar-refractivity contribution in [2.75, 3.05) is 19.6 Å². The summed E-state index contributed by atoms with van der Waals surface area (Å²) in [6.07, 6.45) is 3.61. The predicted octanol–water partition coefficient (Wildman–Crippen LogP) is 1.94. The Labute approximate surface area is 140 Å². The highest BCUT2D eigenvalue weighted by Crippen LogP contribution is 2.33. The maximum Gasteiger partial charge on any atom is 0.227 e. The smallest absolute Gasteiger partial charge is 0.227 e. The summed E-state index contributed by atoms with van der Waals surface area (Å²) in [5.41, 5.74) is 2.24. The van der Waals surface area contributed by atoms with Gasteiger partial charge in [-0.2, -0.15) is 0 Å². The first kappa shape index (κ1) is 14.8. The topological polar surface area (TPSA) is 49.3 Å². The number of fused-ring (bicyclic) bond motifs is 1. The van der Waals surface area contributed by atoms with E-state index in [1.165, 1.54) is 0 Å². The summed E-state index contributed by atoms with van der Waals surface area (Å²) in [5, 5.41) is 3.23. The number of hydrogen-bond acceptors (Lipinski definition) is 5. The van der Waals surface area contributed by atoms with Gasteiger partial charge in [0.25, 0.3) is 0 Å². The maximum absolute atomic E-state index is 12.7. The minimum atomic E-state index is 0.159. The van der Waals surface area contributed by atoms with Gasteiger partial charge in [-0.25, -0.2) is 4.98 Å². The summed E-state index contributed by atoms with van der Waals surface area (Å²) in [7, 11) is 0. The lowest BCUT2D eigenvalue weighted by atomic mass is 10.0. The van der Waals surface area contributed by atoms with Gasteiger partial charge in [-0.1, -0.05) is 6.07 Å². The number of aromatic nitrogens is 2. The Morgan fingerprint density at radius 2 is 2.22 bits per heavy atom. The second kappa shape index (κ2) is 6.02. The molecule has 5 nitrogen and oxygen atoms in total. The average Bonchev–Trinajstić information content (AvgIpc) is 3.20. The van der Waals surface area contributed by atoms with Crippen molar-refractivity contribution < 1.29 is 4.79 Å². The first-order valence-corrected chi connectivity index (χ1v) is 8.88. The molecule has 0 N–H and O–H groups in total. The Morgan fingerprint density at radius 3 is 2.91 bits per heavy atom. The van der Waals surface area contributed by atoms with Crippen LogP contribution in [0.4, 0.5) is 0 Å². The van der Waals surface area contributed by atoms with Crippen LogP contribution in [0.1, 0.15) is 16.3 Å². The fraction of sp³-hybridized carbons (Fsp3) is 0.471. The third-order valence-corrected chi connectivity index (χ3v) is 5.57. The molecule has 2 aromatic rings. The van der Waals surface area contributed by atoms with Gasteiger partial charge in [0, 0.05) is 56.4 Å². The van der Waals surface area contributed by atoms with Gasteiger partial charge in [0.15, 0.2) is 0 Å². The van der Waals surface area contributed by atoms with E-state index in [9.17, 15) is 4.79 Å². The van der Waals surface area contributed by atoms with E-state index in [1.807, 2.05) is 30.2 Å². The Balaban J connectivity index is 1.37. The molecule has 0 radical (unpaired) electrons. The molecule has 2 aliphatic heterocycles. The third-order valence-electron chi connectivity index (χ3n) is 4.75. The van der Waals surface area contributed by atoms with E-state index >= 15 is 0 Å². The molecule has 0 bridgehead atoms. The zero-order valence-electron chi connectivity index (χ0n) is 13.2. The van der Waals surface area contributed by atoms with Crippen molar-refractivity contribution in [1.29, 1.82) is 0 Å². The lowest BCUT2D eigenvalue weighted by molar-refractivity contribution is -0.131. The molecule has 2 atom stereocenters. The molecular formula is C17H20N4OS. The molecule has 0 unspecified atom stereocenters. The van der Waals surface area contributed by atoms with Crippen LogP contribution in [0.2, 0.25) is 0 Å². The van der Waals surface area contributed by atoms with Crippen LogP contribution in [0.15, 0.2) is 29.9 Å². The molecule has 2 aromatic heterocycles. The number of amides is 1. The van der Waals surface area contributed by atoms with E-state index in [1.54, 1.807) is 17.5 Å². The number of carbonyl (C=O) groups excluding carboxylic acids is 1. The minimum absolute atomic E-state index is 0.159. The van der Waals surface area contributed by atoms with Gasteiger partial charge in [0.2, 0.25) is 5.91 Å². The molecule has 1 amide bonds. The molecule has 0 aromatic carbocycles. The average molecular weight is 328 g/mol. The maximum atomic E-state index is 12.7. The third kappa shape index (κ3) is 3.01. The summed E-state index contributed by atoms with van der Waals surface area (Å²) in [6, 6.07) is 3.96. The van der Waals surface area contributed by atoms with Gasteiger partial charge in [0.05, 0.1) is 16.6 Å². The Kier molecular flexibility index (Phi) is 3.87. The number of aryl methyl sites for hydroxylation is 1. The van der Waals surface area contributed by atoms with Crippen molar-refractivity contribution in [1.82, 2.24) is 19.8 Å². The Hall–Kier alpha value is -1.79. The SMILES string of the molecule is Cc1nc(CN2C[C@@H]3CN(Cc4cccnc4)C(=O)[C@@H]3C2)cs1. The van der Waals surface area contributed by atoms with Gasteiger partial charge in [0.1, 0.15) is 0 Å². The lowest BCUT2D eigenvalue weighted by Gasteiger charge is -2.21. The number of likely N-dealkylation sites (tertiary alicyclic amines) is 2.